The first-order valence-electron chi connectivity index (χ1n) is 7.03. The lowest BCUT2D eigenvalue weighted by atomic mass is 10.3. The van der Waals surface area contributed by atoms with E-state index in [0.29, 0.717) is 6.54 Å². The maximum absolute atomic E-state index is 4.60. The molecule has 0 unspecified atom stereocenters. The van der Waals surface area contributed by atoms with Crippen molar-refractivity contribution < 1.29 is 0 Å². The Hall–Kier alpha value is -2.50. The number of anilines is 1. The summed E-state index contributed by atoms with van der Waals surface area (Å²) in [6, 6.07) is 5.87. The van der Waals surface area contributed by atoms with E-state index in [1.54, 1.807) is 6.20 Å². The van der Waals surface area contributed by atoms with E-state index < -0.39 is 0 Å². The molecule has 0 radical (unpaired) electrons. The Labute approximate surface area is 123 Å². The molecule has 0 amide bonds. The minimum absolute atomic E-state index is 0.625. The lowest BCUT2D eigenvalue weighted by Crippen LogP contribution is -2.07. The lowest BCUT2D eigenvalue weighted by Gasteiger charge is -2.09. The standard InChI is InChI=1S/C15H18N6/c1-4-12-18-13-10(2)20-21(3)14(13)15(19-12)17-9-11-7-5-6-8-16-11/h5-8H,4,9H2,1-3H3,(H,17,18,19). The van der Waals surface area contributed by atoms with Gasteiger partial charge in [0.2, 0.25) is 0 Å². The van der Waals surface area contributed by atoms with E-state index in [1.165, 1.54) is 0 Å². The SMILES string of the molecule is CCc1nc(NCc2ccccn2)c2c(n1)c(C)nn2C. The summed E-state index contributed by atoms with van der Waals surface area (Å²) >= 11 is 0. The fraction of sp³-hybridized carbons (Fsp3) is 0.333. The molecule has 0 fully saturated rings. The van der Waals surface area contributed by atoms with E-state index in [9.17, 15) is 0 Å². The van der Waals surface area contributed by atoms with Crippen molar-refractivity contribution >= 4 is 16.9 Å². The quantitative estimate of drug-likeness (QED) is 0.794. The highest BCUT2D eigenvalue weighted by Crippen LogP contribution is 2.23. The molecule has 1 N–H and O–H groups in total. The number of nitrogens with one attached hydrogen (secondary N) is 1. The number of rotatable bonds is 4. The molecule has 0 spiro atoms. The van der Waals surface area contributed by atoms with Gasteiger partial charge in [0.1, 0.15) is 16.9 Å². The molecular weight excluding hydrogens is 264 g/mol. The Morgan fingerprint density at radius 2 is 2.10 bits per heavy atom. The van der Waals surface area contributed by atoms with Gasteiger partial charge in [-0.25, -0.2) is 9.97 Å². The highest BCUT2D eigenvalue weighted by molar-refractivity contribution is 5.87. The molecule has 3 aromatic heterocycles. The summed E-state index contributed by atoms with van der Waals surface area (Å²) in [6.45, 7) is 4.65. The van der Waals surface area contributed by atoms with Crippen LogP contribution >= 0.6 is 0 Å². The second-order valence-corrected chi connectivity index (χ2v) is 4.92. The average molecular weight is 282 g/mol. The zero-order valence-corrected chi connectivity index (χ0v) is 12.5. The third-order valence-corrected chi connectivity index (χ3v) is 3.38. The number of pyridine rings is 1. The van der Waals surface area contributed by atoms with Gasteiger partial charge in [-0.05, 0) is 19.1 Å². The zero-order valence-electron chi connectivity index (χ0n) is 12.5. The molecule has 0 atom stereocenters. The van der Waals surface area contributed by atoms with Gasteiger partial charge >= 0.3 is 0 Å². The minimum Gasteiger partial charge on any atom is -0.363 e. The summed E-state index contributed by atoms with van der Waals surface area (Å²) in [5.41, 5.74) is 3.74. The topological polar surface area (TPSA) is 68.5 Å². The van der Waals surface area contributed by atoms with Crippen molar-refractivity contribution in [1.82, 2.24) is 24.7 Å². The van der Waals surface area contributed by atoms with Crippen molar-refractivity contribution in [3.8, 4) is 0 Å². The normalized spacial score (nSPS) is 11.0. The van der Waals surface area contributed by atoms with Gasteiger partial charge < -0.3 is 5.32 Å². The van der Waals surface area contributed by atoms with Crippen molar-refractivity contribution in [2.45, 2.75) is 26.8 Å². The molecule has 0 aliphatic rings. The summed E-state index contributed by atoms with van der Waals surface area (Å²) in [6.07, 6.45) is 2.58. The largest absolute Gasteiger partial charge is 0.363 e. The van der Waals surface area contributed by atoms with Crippen molar-refractivity contribution in [1.29, 1.82) is 0 Å². The number of nitrogens with zero attached hydrogens (tertiary/aromatic N) is 5. The molecule has 0 aliphatic heterocycles. The number of aromatic nitrogens is 5. The highest BCUT2D eigenvalue weighted by atomic mass is 15.3. The first kappa shape index (κ1) is 13.5. The van der Waals surface area contributed by atoms with E-state index in [-0.39, 0.29) is 0 Å². The van der Waals surface area contributed by atoms with Gasteiger partial charge in [0.25, 0.3) is 0 Å². The van der Waals surface area contributed by atoms with Crippen LogP contribution in [0.25, 0.3) is 11.0 Å². The summed E-state index contributed by atoms with van der Waals surface area (Å²) in [4.78, 5) is 13.5. The Morgan fingerprint density at radius 1 is 1.24 bits per heavy atom. The van der Waals surface area contributed by atoms with Crippen LogP contribution in [-0.4, -0.2) is 24.7 Å². The maximum Gasteiger partial charge on any atom is 0.156 e. The number of fused-ring (bicyclic) bond motifs is 1. The van der Waals surface area contributed by atoms with E-state index in [1.807, 2.05) is 36.9 Å². The van der Waals surface area contributed by atoms with Crippen molar-refractivity contribution in [2.24, 2.45) is 7.05 Å². The highest BCUT2D eigenvalue weighted by Gasteiger charge is 2.14. The van der Waals surface area contributed by atoms with Crippen molar-refractivity contribution in [3.63, 3.8) is 0 Å². The first-order chi connectivity index (χ1) is 10.2. The van der Waals surface area contributed by atoms with Crippen molar-refractivity contribution in [2.75, 3.05) is 5.32 Å². The maximum atomic E-state index is 4.60. The second-order valence-electron chi connectivity index (χ2n) is 4.92. The van der Waals surface area contributed by atoms with Crippen LogP contribution in [-0.2, 0) is 20.0 Å². The fourth-order valence-corrected chi connectivity index (χ4v) is 2.34. The van der Waals surface area contributed by atoms with E-state index >= 15 is 0 Å². The second kappa shape index (κ2) is 5.47. The Bertz CT molecular complexity index is 763. The molecule has 6 heteroatoms. The van der Waals surface area contributed by atoms with Gasteiger partial charge in [-0.2, -0.15) is 5.10 Å². The van der Waals surface area contributed by atoms with Crippen LogP contribution in [0.1, 0.15) is 24.1 Å². The Morgan fingerprint density at radius 3 is 2.81 bits per heavy atom. The van der Waals surface area contributed by atoms with Crippen LogP contribution in [0.4, 0.5) is 5.82 Å². The number of hydrogen-bond acceptors (Lipinski definition) is 5. The van der Waals surface area contributed by atoms with Gasteiger partial charge in [0.15, 0.2) is 5.82 Å². The number of aryl methyl sites for hydroxylation is 3. The molecule has 0 saturated carbocycles. The van der Waals surface area contributed by atoms with Crippen LogP contribution in [0.3, 0.4) is 0 Å². The lowest BCUT2D eigenvalue weighted by molar-refractivity contribution is 0.781. The van der Waals surface area contributed by atoms with Gasteiger partial charge in [0.05, 0.1) is 17.9 Å². The number of hydrogen-bond donors (Lipinski definition) is 1. The predicted octanol–water partition coefficient (Wildman–Crippen LogP) is 2.24. The molecule has 0 aromatic carbocycles. The molecule has 0 aliphatic carbocycles. The molecule has 6 nitrogen and oxygen atoms in total. The molecule has 3 aromatic rings. The Balaban J connectivity index is 2.00. The first-order valence-corrected chi connectivity index (χ1v) is 7.03. The monoisotopic (exact) mass is 282 g/mol. The van der Waals surface area contributed by atoms with Gasteiger partial charge in [-0.3, -0.25) is 9.67 Å². The van der Waals surface area contributed by atoms with Gasteiger partial charge in [-0.1, -0.05) is 13.0 Å². The van der Waals surface area contributed by atoms with Crippen LogP contribution in [0, 0.1) is 6.92 Å². The molecular formula is C15H18N6. The van der Waals surface area contributed by atoms with Crippen LogP contribution in [0.2, 0.25) is 0 Å². The smallest absolute Gasteiger partial charge is 0.156 e. The summed E-state index contributed by atoms with van der Waals surface area (Å²) < 4.78 is 1.82. The molecule has 3 rings (SSSR count). The Kier molecular flexibility index (Phi) is 3.51. The third-order valence-electron chi connectivity index (χ3n) is 3.38. The summed E-state index contributed by atoms with van der Waals surface area (Å²) in [5.74, 6) is 1.63. The fourth-order valence-electron chi connectivity index (χ4n) is 2.34. The van der Waals surface area contributed by atoms with E-state index in [4.69, 9.17) is 0 Å². The molecule has 0 bridgehead atoms. The van der Waals surface area contributed by atoms with Gasteiger partial charge in [-0.15, -0.1) is 0 Å². The third kappa shape index (κ3) is 2.56. The summed E-state index contributed by atoms with van der Waals surface area (Å²) in [5, 5.41) is 7.80. The minimum atomic E-state index is 0.625. The van der Waals surface area contributed by atoms with Crippen LogP contribution in [0.15, 0.2) is 24.4 Å². The van der Waals surface area contributed by atoms with Crippen LogP contribution < -0.4 is 5.32 Å². The average Bonchev–Trinajstić information content (AvgIpc) is 2.80. The molecule has 108 valence electrons. The molecule has 21 heavy (non-hydrogen) atoms. The predicted molar refractivity (Wildman–Crippen MR) is 82.0 cm³/mol. The van der Waals surface area contributed by atoms with E-state index in [2.05, 4.69) is 32.3 Å². The van der Waals surface area contributed by atoms with Gasteiger partial charge in [0, 0.05) is 19.7 Å². The zero-order chi connectivity index (χ0) is 14.8. The summed E-state index contributed by atoms with van der Waals surface area (Å²) in [7, 11) is 1.91. The molecule has 0 saturated heterocycles. The van der Waals surface area contributed by atoms with E-state index in [0.717, 1.165) is 40.5 Å². The van der Waals surface area contributed by atoms with Crippen LogP contribution in [0.5, 0.6) is 0 Å². The van der Waals surface area contributed by atoms with Crippen molar-refractivity contribution in [3.05, 3.63) is 41.6 Å². The molecule has 3 heterocycles.